The van der Waals surface area contributed by atoms with E-state index < -0.39 is 83.9 Å². The maximum Gasteiger partial charge on any atom is 0.444 e. The summed E-state index contributed by atoms with van der Waals surface area (Å²) in [5.41, 5.74) is -0.759. The van der Waals surface area contributed by atoms with Crippen LogP contribution in [0.1, 0.15) is 46.5 Å². The van der Waals surface area contributed by atoms with Crippen molar-refractivity contribution in [2.75, 3.05) is 19.7 Å². The second-order valence-electron chi connectivity index (χ2n) is 10.7. The number of amides is 3. The Balaban J connectivity index is 1.81. The second kappa shape index (κ2) is 11.0. The molecular weight excluding hydrogens is 500 g/mol. The highest BCUT2D eigenvalue weighted by molar-refractivity contribution is 6.35. The lowest BCUT2D eigenvalue weighted by Gasteiger charge is -2.29. The van der Waals surface area contributed by atoms with Gasteiger partial charge in [-0.15, -0.1) is 0 Å². The molecule has 3 amide bonds. The van der Waals surface area contributed by atoms with E-state index in [9.17, 15) is 32.8 Å². The molecule has 0 aromatic heterocycles. The highest BCUT2D eigenvalue weighted by Gasteiger charge is 2.55. The average Bonchev–Trinajstić information content (AvgIpc) is 3.45. The molecule has 0 bridgehead atoms. The highest BCUT2D eigenvalue weighted by atomic mass is 19.2. The van der Waals surface area contributed by atoms with Gasteiger partial charge < -0.3 is 30.5 Å². The molecule has 0 radical (unpaired) electrons. The van der Waals surface area contributed by atoms with Gasteiger partial charge in [-0.2, -0.15) is 4.39 Å². The maximum absolute atomic E-state index is 14.6. The number of ketones is 1. The lowest BCUT2D eigenvalue weighted by molar-refractivity contribution is -0.411. The van der Waals surface area contributed by atoms with E-state index in [0.717, 1.165) is 4.90 Å². The smallest absolute Gasteiger partial charge is 0.444 e. The van der Waals surface area contributed by atoms with Gasteiger partial charge in [0.15, 0.2) is 11.9 Å². The number of hydrogen-bond acceptors (Lipinski definition) is 9. The number of nitrogens with one attached hydrogen (secondary N) is 2. The highest BCUT2D eigenvalue weighted by Crippen LogP contribution is 2.44. The number of alkyl halides is 2. The first-order valence-electron chi connectivity index (χ1n) is 12.1. The maximum atomic E-state index is 14.6. The molecule has 14 heteroatoms. The summed E-state index contributed by atoms with van der Waals surface area (Å²) in [4.78, 5) is 64.5. The number of esters is 1. The number of halogens is 2. The van der Waals surface area contributed by atoms with Crippen LogP contribution in [0.5, 0.6) is 0 Å². The average molecular weight is 534 g/mol. The number of likely N-dealkylation sites (tertiary alicyclic amines) is 1. The molecule has 6 atom stereocenters. The molecule has 0 spiro atoms. The molecule has 2 heterocycles. The molecule has 208 valence electrons. The van der Waals surface area contributed by atoms with Crippen LogP contribution >= 0.6 is 0 Å². The molecule has 1 unspecified atom stereocenters. The molecule has 3 aliphatic rings. The molecule has 0 aromatic carbocycles. The van der Waals surface area contributed by atoms with Crippen LogP contribution in [0, 0.1) is 17.8 Å². The Bertz CT molecular complexity index is 933. The van der Waals surface area contributed by atoms with Crippen LogP contribution in [0.25, 0.3) is 0 Å². The predicted octanol–water partition coefficient (Wildman–Crippen LogP) is -0.935. The molecular formula is C23H33F2N3O9. The molecule has 2 saturated heterocycles. The number of hydrogen-bond donors (Lipinski definition) is 4. The van der Waals surface area contributed by atoms with E-state index in [1.165, 1.54) is 0 Å². The van der Waals surface area contributed by atoms with Crippen molar-refractivity contribution in [1.29, 1.82) is 0 Å². The lowest BCUT2D eigenvalue weighted by Crippen LogP contribution is -2.53. The van der Waals surface area contributed by atoms with Gasteiger partial charge in [0.2, 0.25) is 5.91 Å². The predicted molar refractivity (Wildman–Crippen MR) is 119 cm³/mol. The summed E-state index contributed by atoms with van der Waals surface area (Å²) >= 11 is 0. The summed E-state index contributed by atoms with van der Waals surface area (Å²) in [6.45, 7) is 3.89. The fourth-order valence-electron chi connectivity index (χ4n) is 5.14. The zero-order valence-electron chi connectivity index (χ0n) is 20.9. The van der Waals surface area contributed by atoms with E-state index in [1.54, 1.807) is 20.8 Å². The molecule has 1 aliphatic carbocycles. The summed E-state index contributed by atoms with van der Waals surface area (Å²) in [5, 5.41) is 22.5. The quantitative estimate of drug-likeness (QED) is 0.175. The standard InChI is InChI=1S/C23H33F2N3O9/c1-22(2,3)27-19(31)20(32)28-9-13-12(4-5-14(13)24)17(28)21(33)37-16(8-11-6-7-26-18(11)30)15(29)10-36-23(25,34)35/h11-14,16-17,34-35H,4-10H2,1-3H3,(H,26,30)(H,27,31)/t11-,12-,13-,14?,16-,17-/m0/s1. The second-order valence-corrected chi connectivity index (χ2v) is 10.7. The van der Waals surface area contributed by atoms with Gasteiger partial charge in [-0.25, -0.2) is 9.18 Å². The van der Waals surface area contributed by atoms with E-state index in [0.29, 0.717) is 13.0 Å². The van der Waals surface area contributed by atoms with Crippen LogP contribution in [-0.4, -0.2) is 94.4 Å². The van der Waals surface area contributed by atoms with Crippen LogP contribution in [0.4, 0.5) is 8.78 Å². The molecule has 1 saturated carbocycles. The van der Waals surface area contributed by atoms with E-state index >= 15 is 0 Å². The first kappa shape index (κ1) is 28.9. The summed E-state index contributed by atoms with van der Waals surface area (Å²) in [6, 6.07) is -1.37. The lowest BCUT2D eigenvalue weighted by atomic mass is 9.93. The minimum absolute atomic E-state index is 0.152. The third-order valence-electron chi connectivity index (χ3n) is 6.80. The molecule has 12 nitrogen and oxygen atoms in total. The number of carbonyl (C=O) groups is 5. The zero-order chi connectivity index (χ0) is 27.7. The van der Waals surface area contributed by atoms with Crippen molar-refractivity contribution in [2.24, 2.45) is 17.8 Å². The number of rotatable bonds is 8. The topological polar surface area (TPSA) is 172 Å². The molecule has 3 fully saturated rings. The Morgan fingerprint density at radius 1 is 1.16 bits per heavy atom. The number of Topliss-reactive ketones (excluding diaryl/α,β-unsaturated/α-hetero) is 1. The molecule has 2 aliphatic heterocycles. The van der Waals surface area contributed by atoms with Gasteiger partial charge >= 0.3 is 24.0 Å². The molecule has 3 rings (SSSR count). The van der Waals surface area contributed by atoms with Gasteiger partial charge in [-0.3, -0.25) is 23.9 Å². The minimum Gasteiger partial charge on any atom is -0.453 e. The van der Waals surface area contributed by atoms with Gasteiger partial charge in [-0.1, -0.05) is 0 Å². The molecule has 37 heavy (non-hydrogen) atoms. The first-order valence-corrected chi connectivity index (χ1v) is 12.1. The van der Waals surface area contributed by atoms with Crippen LogP contribution in [0.3, 0.4) is 0 Å². The summed E-state index contributed by atoms with van der Waals surface area (Å²) in [6.07, 6.45) is -6.67. The summed E-state index contributed by atoms with van der Waals surface area (Å²) in [7, 11) is 0. The van der Waals surface area contributed by atoms with Crippen molar-refractivity contribution in [1.82, 2.24) is 15.5 Å². The van der Waals surface area contributed by atoms with Crippen molar-refractivity contribution in [3.8, 4) is 0 Å². The van der Waals surface area contributed by atoms with Crippen LogP contribution in [-0.2, 0) is 33.4 Å². The van der Waals surface area contributed by atoms with Gasteiger partial charge in [-0.05, 0) is 46.0 Å². The van der Waals surface area contributed by atoms with Crippen molar-refractivity contribution in [2.45, 2.75) is 76.5 Å². The van der Waals surface area contributed by atoms with Crippen molar-refractivity contribution in [3.63, 3.8) is 0 Å². The fourth-order valence-corrected chi connectivity index (χ4v) is 5.14. The van der Waals surface area contributed by atoms with Crippen molar-refractivity contribution >= 4 is 29.5 Å². The summed E-state index contributed by atoms with van der Waals surface area (Å²) in [5.74, 6) is -6.69. The number of fused-ring (bicyclic) bond motifs is 1. The van der Waals surface area contributed by atoms with Crippen molar-refractivity contribution in [3.05, 3.63) is 0 Å². The van der Waals surface area contributed by atoms with Gasteiger partial charge in [0.05, 0.1) is 0 Å². The minimum atomic E-state index is -4.11. The van der Waals surface area contributed by atoms with E-state index in [2.05, 4.69) is 15.4 Å². The summed E-state index contributed by atoms with van der Waals surface area (Å²) < 4.78 is 36.9. The van der Waals surface area contributed by atoms with E-state index in [4.69, 9.17) is 14.9 Å². The van der Waals surface area contributed by atoms with Crippen molar-refractivity contribution < 1.29 is 52.4 Å². The number of ether oxygens (including phenoxy) is 2. The van der Waals surface area contributed by atoms with E-state index in [-0.39, 0.29) is 25.8 Å². The number of aliphatic hydroxyl groups is 2. The Morgan fingerprint density at radius 3 is 2.41 bits per heavy atom. The van der Waals surface area contributed by atoms with E-state index in [1.807, 2.05) is 0 Å². The largest absolute Gasteiger partial charge is 0.453 e. The Hall–Kier alpha value is -2.71. The molecule has 0 aromatic rings. The Kier molecular flexibility index (Phi) is 8.54. The normalized spacial score (nSPS) is 28.5. The van der Waals surface area contributed by atoms with Gasteiger partial charge in [0.25, 0.3) is 0 Å². The Morgan fingerprint density at radius 2 is 1.84 bits per heavy atom. The van der Waals surface area contributed by atoms with Crippen LogP contribution in [0.15, 0.2) is 0 Å². The van der Waals surface area contributed by atoms with Crippen LogP contribution in [0.2, 0.25) is 0 Å². The van der Waals surface area contributed by atoms with Gasteiger partial charge in [0.1, 0.15) is 18.8 Å². The monoisotopic (exact) mass is 533 g/mol. The zero-order valence-corrected chi connectivity index (χ0v) is 20.9. The van der Waals surface area contributed by atoms with Gasteiger partial charge in [0, 0.05) is 36.9 Å². The van der Waals surface area contributed by atoms with Crippen LogP contribution < -0.4 is 10.6 Å². The molecule has 4 N–H and O–H groups in total. The number of nitrogens with zero attached hydrogens (tertiary/aromatic N) is 1. The third kappa shape index (κ3) is 7.20. The SMILES string of the molecule is CC(C)(C)NC(=O)C(=O)N1C[C@@H]2C(F)CC[C@@H]2[C@H]1C(=O)O[C@@H](C[C@@H]1CCNC1=O)C(=O)COC(O)(O)F. The number of carbonyl (C=O) groups excluding carboxylic acids is 5. The third-order valence-corrected chi connectivity index (χ3v) is 6.80. The first-order chi connectivity index (χ1) is 17.1. The fraction of sp³-hybridized carbons (Fsp3) is 0.783. The Labute approximate surface area is 212 Å².